The van der Waals surface area contributed by atoms with Crippen molar-refractivity contribution in [1.29, 1.82) is 0 Å². The smallest absolute Gasteiger partial charge is 0.342 e. The van der Waals surface area contributed by atoms with Gasteiger partial charge in [-0.1, -0.05) is 78.3 Å². The lowest BCUT2D eigenvalue weighted by Gasteiger charge is -2.36. The summed E-state index contributed by atoms with van der Waals surface area (Å²) >= 11 is 6.23. The molecule has 2 heterocycles. The molecule has 0 aliphatic carbocycles. The Morgan fingerprint density at radius 2 is 1.62 bits per heavy atom. The van der Waals surface area contributed by atoms with E-state index in [1.54, 1.807) is 6.20 Å². The number of esters is 1. The Morgan fingerprint density at radius 3 is 2.38 bits per heavy atom. The molecular formula is C33H34ClN3O3. The highest BCUT2D eigenvalue weighted by Gasteiger charge is 2.27. The van der Waals surface area contributed by atoms with Gasteiger partial charge in [-0.25, -0.2) is 9.78 Å². The fraction of sp³-hybridized carbons (Fsp3) is 0.273. The van der Waals surface area contributed by atoms with E-state index in [2.05, 4.69) is 39.0 Å². The Balaban J connectivity index is 1.26. The minimum atomic E-state index is -0.338. The molecule has 1 aliphatic rings. The number of ether oxygens (including phenoxy) is 2. The van der Waals surface area contributed by atoms with Gasteiger partial charge in [0, 0.05) is 44.5 Å². The van der Waals surface area contributed by atoms with Crippen LogP contribution in [0.15, 0.2) is 91.1 Å². The first kappa shape index (κ1) is 27.7. The van der Waals surface area contributed by atoms with Crippen molar-refractivity contribution in [3.63, 3.8) is 0 Å². The Morgan fingerprint density at radius 1 is 0.900 bits per heavy atom. The van der Waals surface area contributed by atoms with Crippen LogP contribution >= 0.6 is 11.6 Å². The average Bonchev–Trinajstić information content (AvgIpc) is 2.97. The molecule has 1 aliphatic heterocycles. The number of aromatic nitrogens is 1. The molecule has 1 saturated heterocycles. The lowest BCUT2D eigenvalue weighted by molar-refractivity contribution is 0.0379. The summed E-state index contributed by atoms with van der Waals surface area (Å²) in [5.41, 5.74) is 4.68. The number of hydrogen-bond donors (Lipinski definition) is 0. The summed E-state index contributed by atoms with van der Waals surface area (Å²) in [5.74, 6) is 1.04. The summed E-state index contributed by atoms with van der Waals surface area (Å²) in [5, 5.41) is 0.612. The monoisotopic (exact) mass is 555 g/mol. The van der Waals surface area contributed by atoms with Gasteiger partial charge < -0.3 is 14.4 Å². The van der Waals surface area contributed by atoms with E-state index in [9.17, 15) is 4.79 Å². The molecule has 0 spiro atoms. The molecule has 0 saturated carbocycles. The molecule has 0 atom stereocenters. The summed E-state index contributed by atoms with van der Waals surface area (Å²) in [6.07, 6.45) is 1.57. The first-order valence-electron chi connectivity index (χ1n) is 13.7. The minimum absolute atomic E-state index is 0.216. The Hall–Kier alpha value is -3.87. The largest absolute Gasteiger partial charge is 0.487 e. The quantitative estimate of drug-likeness (QED) is 0.210. The lowest BCUT2D eigenvalue weighted by Crippen LogP contribution is -2.46. The number of piperazine rings is 1. The molecule has 6 nitrogen and oxygen atoms in total. The van der Waals surface area contributed by atoms with Crippen LogP contribution in [0.1, 0.15) is 35.3 Å². The number of hydrogen-bond acceptors (Lipinski definition) is 6. The van der Waals surface area contributed by atoms with E-state index in [1.807, 2.05) is 74.5 Å². The third kappa shape index (κ3) is 6.82. The zero-order valence-electron chi connectivity index (χ0n) is 22.9. The van der Waals surface area contributed by atoms with E-state index in [0.717, 1.165) is 49.4 Å². The fourth-order valence-electron chi connectivity index (χ4n) is 4.94. The molecule has 5 rings (SSSR count). The van der Waals surface area contributed by atoms with Gasteiger partial charge in [0.05, 0.1) is 11.1 Å². The van der Waals surface area contributed by atoms with Gasteiger partial charge in [-0.05, 0) is 48.7 Å². The van der Waals surface area contributed by atoms with Crippen LogP contribution < -0.4 is 9.64 Å². The number of carbonyl (C=O) groups excluding carboxylic acids is 1. The number of nitrogens with zero attached hydrogens (tertiary/aromatic N) is 3. The number of carbonyl (C=O) groups is 1. The van der Waals surface area contributed by atoms with Crippen molar-refractivity contribution < 1.29 is 14.3 Å². The molecule has 0 N–H and O–H groups in total. The average molecular weight is 556 g/mol. The van der Waals surface area contributed by atoms with Crippen molar-refractivity contribution in [3.05, 3.63) is 113 Å². The number of pyridine rings is 1. The number of benzene rings is 3. The van der Waals surface area contributed by atoms with Crippen molar-refractivity contribution >= 4 is 23.4 Å². The Kier molecular flexibility index (Phi) is 8.99. The third-order valence-electron chi connectivity index (χ3n) is 6.86. The van der Waals surface area contributed by atoms with Crippen LogP contribution in [0.2, 0.25) is 5.02 Å². The Labute approximate surface area is 241 Å². The van der Waals surface area contributed by atoms with E-state index >= 15 is 0 Å². The van der Waals surface area contributed by atoms with Crippen molar-refractivity contribution in [1.82, 2.24) is 9.88 Å². The van der Waals surface area contributed by atoms with E-state index in [-0.39, 0.29) is 12.1 Å². The summed E-state index contributed by atoms with van der Waals surface area (Å²) in [6.45, 7) is 8.29. The fourth-order valence-corrected chi connectivity index (χ4v) is 5.13. The third-order valence-corrected chi connectivity index (χ3v) is 7.18. The normalized spacial score (nSPS) is 13.8. The molecule has 0 unspecified atom stereocenters. The van der Waals surface area contributed by atoms with Crippen LogP contribution in [-0.2, 0) is 17.9 Å². The number of para-hydroxylation sites is 1. The summed E-state index contributed by atoms with van der Waals surface area (Å²) < 4.78 is 11.6. The van der Waals surface area contributed by atoms with Gasteiger partial charge in [-0.3, -0.25) is 4.90 Å². The van der Waals surface area contributed by atoms with Gasteiger partial charge in [0.2, 0.25) is 0 Å². The van der Waals surface area contributed by atoms with Gasteiger partial charge in [0.15, 0.2) is 0 Å². The molecule has 206 valence electrons. The molecule has 0 radical (unpaired) electrons. The lowest BCUT2D eigenvalue weighted by atomic mass is 10.00. The molecule has 0 bridgehead atoms. The van der Waals surface area contributed by atoms with Gasteiger partial charge in [-0.15, -0.1) is 0 Å². The van der Waals surface area contributed by atoms with Gasteiger partial charge in [0.1, 0.15) is 23.7 Å². The maximum absolute atomic E-state index is 13.3. The maximum Gasteiger partial charge on any atom is 0.342 e. The summed E-state index contributed by atoms with van der Waals surface area (Å²) in [4.78, 5) is 22.6. The van der Waals surface area contributed by atoms with Gasteiger partial charge in [0.25, 0.3) is 0 Å². The highest BCUT2D eigenvalue weighted by Crippen LogP contribution is 2.31. The molecular weight excluding hydrogens is 522 g/mol. The predicted molar refractivity (Wildman–Crippen MR) is 160 cm³/mol. The molecule has 3 aromatic carbocycles. The van der Waals surface area contributed by atoms with Crippen LogP contribution in [0.3, 0.4) is 0 Å². The molecule has 1 aromatic heterocycles. The van der Waals surface area contributed by atoms with E-state index in [1.165, 1.54) is 5.56 Å². The summed E-state index contributed by atoms with van der Waals surface area (Å²) in [7, 11) is 0. The van der Waals surface area contributed by atoms with E-state index < -0.39 is 0 Å². The Bertz CT molecular complexity index is 1440. The van der Waals surface area contributed by atoms with Crippen LogP contribution in [0, 0.1) is 0 Å². The van der Waals surface area contributed by atoms with Crippen molar-refractivity contribution in [2.75, 3.05) is 31.1 Å². The second-order valence-electron chi connectivity index (χ2n) is 10.2. The molecule has 7 heteroatoms. The second kappa shape index (κ2) is 13.0. The predicted octanol–water partition coefficient (Wildman–Crippen LogP) is 6.87. The minimum Gasteiger partial charge on any atom is -0.487 e. The van der Waals surface area contributed by atoms with Crippen LogP contribution in [0.25, 0.3) is 11.1 Å². The van der Waals surface area contributed by atoms with Gasteiger partial charge in [-0.2, -0.15) is 0 Å². The number of anilines is 1. The van der Waals surface area contributed by atoms with E-state index in [0.29, 0.717) is 28.8 Å². The van der Waals surface area contributed by atoms with Gasteiger partial charge >= 0.3 is 5.97 Å². The number of rotatable bonds is 9. The molecule has 1 fully saturated rings. The first-order valence-corrected chi connectivity index (χ1v) is 14.0. The van der Waals surface area contributed by atoms with Crippen LogP contribution in [-0.4, -0.2) is 48.1 Å². The van der Waals surface area contributed by atoms with Crippen LogP contribution in [0.4, 0.5) is 5.82 Å². The van der Waals surface area contributed by atoms with Crippen molar-refractivity contribution in [2.45, 2.75) is 33.1 Å². The maximum atomic E-state index is 13.3. The number of halogens is 1. The SMILES string of the molecule is CC(C)OC(=O)c1c(-c2ccccc2)ccnc1N1CCN(Cc2cccc(COc3ccccc3Cl)c2)CC1. The molecule has 0 amide bonds. The topological polar surface area (TPSA) is 54.9 Å². The highest BCUT2D eigenvalue weighted by atomic mass is 35.5. The summed E-state index contributed by atoms with van der Waals surface area (Å²) in [6, 6.07) is 27.8. The second-order valence-corrected chi connectivity index (χ2v) is 10.6. The molecule has 4 aromatic rings. The molecule has 40 heavy (non-hydrogen) atoms. The van der Waals surface area contributed by atoms with Crippen molar-refractivity contribution in [3.8, 4) is 16.9 Å². The van der Waals surface area contributed by atoms with Crippen LogP contribution in [0.5, 0.6) is 5.75 Å². The zero-order chi connectivity index (χ0) is 27.9. The standard InChI is InChI=1S/C33H34ClN3O3/c1-24(2)40-33(38)31-28(27-11-4-3-5-12-27)15-16-35-32(31)37-19-17-36(18-20-37)22-25-9-8-10-26(21-25)23-39-30-14-7-6-13-29(30)34/h3-16,21,24H,17-20,22-23H2,1-2H3. The highest BCUT2D eigenvalue weighted by molar-refractivity contribution is 6.32. The van der Waals surface area contributed by atoms with E-state index in [4.69, 9.17) is 21.1 Å². The van der Waals surface area contributed by atoms with Crippen molar-refractivity contribution in [2.24, 2.45) is 0 Å². The zero-order valence-corrected chi connectivity index (χ0v) is 23.7. The first-order chi connectivity index (χ1) is 19.5.